The highest BCUT2D eigenvalue weighted by molar-refractivity contribution is 5.76. The van der Waals surface area contributed by atoms with Crippen LogP contribution < -0.4 is 5.32 Å². The molecule has 2 aromatic heterocycles. The number of aryl methyl sites for hydroxylation is 1. The van der Waals surface area contributed by atoms with Gasteiger partial charge in [0.2, 0.25) is 17.6 Å². The molecule has 2 fully saturated rings. The molecule has 0 spiro atoms. The van der Waals surface area contributed by atoms with E-state index < -0.39 is 0 Å². The Hall–Kier alpha value is -2.28. The number of nitrogens with zero attached hydrogens (tertiary/aromatic N) is 4. The summed E-state index contributed by atoms with van der Waals surface area (Å²) in [5, 5.41) is 7.11. The molecule has 7 nitrogen and oxygen atoms in total. The minimum atomic E-state index is 0.0617. The van der Waals surface area contributed by atoms with E-state index >= 15 is 0 Å². The van der Waals surface area contributed by atoms with E-state index in [4.69, 9.17) is 4.52 Å². The molecule has 2 aromatic rings. The van der Waals surface area contributed by atoms with E-state index in [-0.39, 0.29) is 5.91 Å². The molecular weight excluding hydrogens is 342 g/mol. The van der Waals surface area contributed by atoms with E-state index in [1.54, 1.807) is 12.4 Å². The SMILES string of the molecule is O=C(CCc1nc(-c2ccncc2)no1)NC[C@H]1CCCN2CCCC[C@H]12. The molecule has 0 radical (unpaired) electrons. The Morgan fingerprint density at radius 3 is 2.93 bits per heavy atom. The van der Waals surface area contributed by atoms with Gasteiger partial charge in [-0.05, 0) is 56.8 Å². The number of rotatable bonds is 6. The van der Waals surface area contributed by atoms with Crippen molar-refractivity contribution in [3.63, 3.8) is 0 Å². The Bertz CT molecular complexity index is 746. The first-order chi connectivity index (χ1) is 13.3. The Labute approximate surface area is 159 Å². The molecule has 7 heteroatoms. The molecule has 1 N–H and O–H groups in total. The van der Waals surface area contributed by atoms with E-state index in [1.165, 1.54) is 45.2 Å². The normalized spacial score (nSPS) is 23.0. The zero-order chi connectivity index (χ0) is 18.5. The van der Waals surface area contributed by atoms with Gasteiger partial charge in [-0.2, -0.15) is 4.98 Å². The van der Waals surface area contributed by atoms with Crippen LogP contribution in [0.2, 0.25) is 0 Å². The van der Waals surface area contributed by atoms with E-state index in [9.17, 15) is 4.79 Å². The van der Waals surface area contributed by atoms with Crippen molar-refractivity contribution in [3.8, 4) is 11.4 Å². The molecule has 0 saturated carbocycles. The molecule has 0 unspecified atom stereocenters. The van der Waals surface area contributed by atoms with Crippen LogP contribution in [0.4, 0.5) is 0 Å². The minimum Gasteiger partial charge on any atom is -0.356 e. The van der Waals surface area contributed by atoms with Crippen molar-refractivity contribution in [2.75, 3.05) is 19.6 Å². The number of carbonyl (C=O) groups is 1. The van der Waals surface area contributed by atoms with Crippen LogP contribution in [0.1, 0.15) is 44.4 Å². The second-order valence-electron chi connectivity index (χ2n) is 7.55. The minimum absolute atomic E-state index is 0.0617. The average Bonchev–Trinajstić information content (AvgIpc) is 3.20. The summed E-state index contributed by atoms with van der Waals surface area (Å²) < 4.78 is 5.27. The van der Waals surface area contributed by atoms with Crippen molar-refractivity contribution in [2.45, 2.75) is 51.0 Å². The van der Waals surface area contributed by atoms with Gasteiger partial charge in [0.25, 0.3) is 0 Å². The van der Waals surface area contributed by atoms with E-state index in [1.807, 2.05) is 12.1 Å². The Morgan fingerprint density at radius 1 is 1.19 bits per heavy atom. The second-order valence-corrected chi connectivity index (χ2v) is 7.55. The van der Waals surface area contributed by atoms with E-state index in [0.29, 0.717) is 36.5 Å². The molecule has 4 heterocycles. The van der Waals surface area contributed by atoms with Gasteiger partial charge in [0.15, 0.2) is 0 Å². The highest BCUT2D eigenvalue weighted by Gasteiger charge is 2.32. The number of pyridine rings is 1. The van der Waals surface area contributed by atoms with Crippen molar-refractivity contribution in [2.24, 2.45) is 5.92 Å². The molecule has 2 aliphatic rings. The summed E-state index contributed by atoms with van der Waals surface area (Å²) in [6, 6.07) is 4.33. The predicted molar refractivity (Wildman–Crippen MR) is 101 cm³/mol. The third-order valence-electron chi connectivity index (χ3n) is 5.76. The average molecular weight is 369 g/mol. The molecule has 4 rings (SSSR count). The van der Waals surface area contributed by atoms with Crippen molar-refractivity contribution in [3.05, 3.63) is 30.4 Å². The summed E-state index contributed by atoms with van der Waals surface area (Å²) in [6.45, 7) is 3.24. The van der Waals surface area contributed by atoms with Crippen LogP contribution in [0.15, 0.2) is 29.0 Å². The number of amides is 1. The van der Waals surface area contributed by atoms with Gasteiger partial charge in [0.05, 0.1) is 0 Å². The van der Waals surface area contributed by atoms with Gasteiger partial charge < -0.3 is 14.7 Å². The van der Waals surface area contributed by atoms with Crippen LogP contribution in [0.25, 0.3) is 11.4 Å². The van der Waals surface area contributed by atoms with Crippen LogP contribution in [-0.4, -0.2) is 51.6 Å². The van der Waals surface area contributed by atoms with Crippen LogP contribution in [0.3, 0.4) is 0 Å². The molecule has 2 atom stereocenters. The Morgan fingerprint density at radius 2 is 2.04 bits per heavy atom. The highest BCUT2D eigenvalue weighted by atomic mass is 16.5. The quantitative estimate of drug-likeness (QED) is 0.842. The lowest BCUT2D eigenvalue weighted by molar-refractivity contribution is -0.121. The fourth-order valence-electron chi connectivity index (χ4n) is 4.34. The van der Waals surface area contributed by atoms with Gasteiger partial charge >= 0.3 is 0 Å². The topological polar surface area (TPSA) is 84.1 Å². The Kier molecular flexibility index (Phi) is 5.77. The molecule has 2 saturated heterocycles. The number of aromatic nitrogens is 3. The summed E-state index contributed by atoms with van der Waals surface area (Å²) in [7, 11) is 0. The van der Waals surface area contributed by atoms with Crippen molar-refractivity contribution < 1.29 is 9.32 Å². The molecule has 144 valence electrons. The number of fused-ring (bicyclic) bond motifs is 1. The smallest absolute Gasteiger partial charge is 0.227 e. The third-order valence-corrected chi connectivity index (χ3v) is 5.76. The summed E-state index contributed by atoms with van der Waals surface area (Å²) >= 11 is 0. The molecule has 27 heavy (non-hydrogen) atoms. The summed E-state index contributed by atoms with van der Waals surface area (Å²) in [6.07, 6.45) is 10.6. The zero-order valence-corrected chi connectivity index (χ0v) is 15.6. The molecular formula is C20H27N5O2. The maximum Gasteiger partial charge on any atom is 0.227 e. The lowest BCUT2D eigenvalue weighted by atomic mass is 9.83. The first-order valence-electron chi connectivity index (χ1n) is 10.0. The second kappa shape index (κ2) is 8.61. The third kappa shape index (κ3) is 4.53. The fraction of sp³-hybridized carbons (Fsp3) is 0.600. The van der Waals surface area contributed by atoms with Gasteiger partial charge in [-0.15, -0.1) is 0 Å². The van der Waals surface area contributed by atoms with Crippen LogP contribution in [0, 0.1) is 5.92 Å². The lowest BCUT2D eigenvalue weighted by Crippen LogP contribution is -2.51. The first-order valence-corrected chi connectivity index (χ1v) is 10.0. The monoisotopic (exact) mass is 369 g/mol. The Balaban J connectivity index is 1.24. The van der Waals surface area contributed by atoms with E-state index in [2.05, 4.69) is 25.3 Å². The largest absolute Gasteiger partial charge is 0.356 e. The molecule has 1 amide bonds. The molecule has 2 aliphatic heterocycles. The summed E-state index contributed by atoms with van der Waals surface area (Å²) in [5.74, 6) is 1.68. The van der Waals surface area contributed by atoms with Gasteiger partial charge in [-0.1, -0.05) is 11.6 Å². The number of hydrogen-bond donors (Lipinski definition) is 1. The predicted octanol–water partition coefficient (Wildman–Crippen LogP) is 2.44. The molecule has 0 aromatic carbocycles. The van der Waals surface area contributed by atoms with E-state index in [0.717, 1.165) is 12.1 Å². The number of carbonyl (C=O) groups excluding carboxylic acids is 1. The maximum atomic E-state index is 12.3. The van der Waals surface area contributed by atoms with Crippen LogP contribution >= 0.6 is 0 Å². The van der Waals surface area contributed by atoms with Gasteiger partial charge in [0.1, 0.15) is 0 Å². The van der Waals surface area contributed by atoms with Crippen molar-refractivity contribution >= 4 is 5.91 Å². The van der Waals surface area contributed by atoms with Gasteiger partial charge in [0, 0.05) is 43.4 Å². The lowest BCUT2D eigenvalue weighted by Gasteiger charge is -2.44. The highest BCUT2D eigenvalue weighted by Crippen LogP contribution is 2.30. The standard InChI is InChI=1S/C20H27N5O2/c26-18(22-14-16-4-3-13-25-12-2-1-5-17(16)25)6-7-19-23-20(24-27-19)15-8-10-21-11-9-15/h8-11,16-17H,1-7,12-14H2,(H,22,26)/t16-,17-/m1/s1. The van der Waals surface area contributed by atoms with Crippen molar-refractivity contribution in [1.82, 2.24) is 25.3 Å². The number of hydrogen-bond acceptors (Lipinski definition) is 6. The van der Waals surface area contributed by atoms with Crippen molar-refractivity contribution in [1.29, 1.82) is 0 Å². The summed E-state index contributed by atoms with van der Waals surface area (Å²) in [4.78, 5) is 23.2. The zero-order valence-electron chi connectivity index (χ0n) is 15.6. The molecule has 0 aliphatic carbocycles. The number of nitrogens with one attached hydrogen (secondary N) is 1. The van der Waals surface area contributed by atoms with Crippen LogP contribution in [0.5, 0.6) is 0 Å². The molecule has 0 bridgehead atoms. The fourth-order valence-corrected chi connectivity index (χ4v) is 4.34. The maximum absolute atomic E-state index is 12.3. The first kappa shape index (κ1) is 18.1. The number of piperidine rings is 2. The summed E-state index contributed by atoms with van der Waals surface area (Å²) in [5.41, 5.74) is 0.860. The van der Waals surface area contributed by atoms with Crippen LogP contribution in [-0.2, 0) is 11.2 Å². The van der Waals surface area contributed by atoms with Gasteiger partial charge in [-0.25, -0.2) is 0 Å². The van der Waals surface area contributed by atoms with Gasteiger partial charge in [-0.3, -0.25) is 9.78 Å².